The van der Waals surface area contributed by atoms with Crippen molar-refractivity contribution >= 4 is 10.0 Å². The normalized spacial score (nSPS) is 13.1. The van der Waals surface area contributed by atoms with Crippen molar-refractivity contribution in [2.24, 2.45) is 12.5 Å². The van der Waals surface area contributed by atoms with Crippen LogP contribution in [-0.4, -0.2) is 36.5 Å². The fraction of sp³-hybridized carbons (Fsp3) is 0.769. The van der Waals surface area contributed by atoms with Crippen LogP contribution in [0.5, 0.6) is 0 Å². The molecule has 0 spiro atoms. The summed E-state index contributed by atoms with van der Waals surface area (Å²) in [6, 6.07) is 0. The maximum atomic E-state index is 13.1. The Morgan fingerprint density at radius 1 is 1.41 bits per heavy atom. The molecule has 22 heavy (non-hydrogen) atoms. The Hall–Kier alpha value is -1.06. The number of rotatable bonds is 8. The molecule has 1 aromatic heterocycles. The first-order chi connectivity index (χ1) is 10.0. The topological polar surface area (TPSA) is 84.2 Å². The zero-order valence-electron chi connectivity index (χ0n) is 13.2. The third-order valence-corrected chi connectivity index (χ3v) is 4.96. The molecule has 0 saturated carbocycles. The van der Waals surface area contributed by atoms with E-state index < -0.39 is 32.5 Å². The van der Waals surface area contributed by atoms with Crippen molar-refractivity contribution in [3.05, 3.63) is 11.3 Å². The van der Waals surface area contributed by atoms with Gasteiger partial charge in [0.15, 0.2) is 5.03 Å². The highest BCUT2D eigenvalue weighted by molar-refractivity contribution is 7.89. The molecule has 0 radical (unpaired) electrons. The van der Waals surface area contributed by atoms with Gasteiger partial charge < -0.3 is 5.11 Å². The molecule has 9 heteroatoms. The van der Waals surface area contributed by atoms with E-state index in [9.17, 15) is 17.2 Å². The van der Waals surface area contributed by atoms with Crippen LogP contribution in [0.1, 0.15) is 44.4 Å². The SMILES string of the molecule is Cc1nn(C)c(S(=O)(=O)NCC(C)(C)CCCO)c1C(F)F. The quantitative estimate of drug-likeness (QED) is 0.756. The lowest BCUT2D eigenvalue weighted by molar-refractivity contribution is 0.146. The van der Waals surface area contributed by atoms with Gasteiger partial charge >= 0.3 is 0 Å². The van der Waals surface area contributed by atoms with Crippen LogP contribution in [0.3, 0.4) is 0 Å². The molecule has 0 fully saturated rings. The zero-order chi connectivity index (χ0) is 17.1. The molecular formula is C13H23F2N3O3S. The highest BCUT2D eigenvalue weighted by Gasteiger charge is 2.31. The number of aliphatic hydroxyl groups excluding tert-OH is 1. The first-order valence-electron chi connectivity index (χ1n) is 6.94. The number of aromatic nitrogens is 2. The smallest absolute Gasteiger partial charge is 0.268 e. The Morgan fingerprint density at radius 3 is 2.50 bits per heavy atom. The summed E-state index contributed by atoms with van der Waals surface area (Å²) in [5.74, 6) is 0. The molecule has 0 atom stereocenters. The molecule has 0 aliphatic heterocycles. The molecule has 1 aromatic rings. The van der Waals surface area contributed by atoms with Crippen LogP contribution in [0.15, 0.2) is 5.03 Å². The average molecular weight is 339 g/mol. The summed E-state index contributed by atoms with van der Waals surface area (Å²) in [6.45, 7) is 5.14. The van der Waals surface area contributed by atoms with Crippen molar-refractivity contribution in [2.45, 2.75) is 45.1 Å². The zero-order valence-corrected chi connectivity index (χ0v) is 14.0. The minimum Gasteiger partial charge on any atom is -0.396 e. The van der Waals surface area contributed by atoms with Gasteiger partial charge in [0.2, 0.25) is 0 Å². The summed E-state index contributed by atoms with van der Waals surface area (Å²) in [7, 11) is -2.77. The number of nitrogens with zero attached hydrogens (tertiary/aromatic N) is 2. The molecule has 0 aromatic carbocycles. The van der Waals surface area contributed by atoms with Crippen molar-refractivity contribution in [1.29, 1.82) is 0 Å². The molecule has 128 valence electrons. The van der Waals surface area contributed by atoms with Crippen molar-refractivity contribution in [3.8, 4) is 0 Å². The Kier molecular flexibility index (Phi) is 6.05. The van der Waals surface area contributed by atoms with E-state index in [1.54, 1.807) is 0 Å². The van der Waals surface area contributed by atoms with Gasteiger partial charge in [-0.15, -0.1) is 0 Å². The standard InChI is InChI=1S/C13H23F2N3O3S/c1-9-10(11(14)15)12(18(4)17-9)22(20,21)16-8-13(2,3)6-5-7-19/h11,16,19H,5-8H2,1-4H3. The Labute approximate surface area is 129 Å². The van der Waals surface area contributed by atoms with Crippen LogP contribution in [0.4, 0.5) is 8.78 Å². The van der Waals surface area contributed by atoms with Crippen molar-refractivity contribution in [1.82, 2.24) is 14.5 Å². The van der Waals surface area contributed by atoms with Crippen LogP contribution in [0, 0.1) is 12.3 Å². The lowest BCUT2D eigenvalue weighted by atomic mass is 9.88. The molecule has 1 heterocycles. The maximum absolute atomic E-state index is 13.1. The number of sulfonamides is 1. The number of aryl methyl sites for hydroxylation is 2. The van der Waals surface area contributed by atoms with Crippen molar-refractivity contribution in [2.75, 3.05) is 13.2 Å². The molecule has 0 bridgehead atoms. The minimum atomic E-state index is -4.10. The second-order valence-electron chi connectivity index (χ2n) is 6.04. The summed E-state index contributed by atoms with van der Waals surface area (Å²) in [4.78, 5) is 0. The lowest BCUT2D eigenvalue weighted by Gasteiger charge is -2.24. The number of halogens is 2. The molecule has 0 amide bonds. The lowest BCUT2D eigenvalue weighted by Crippen LogP contribution is -2.35. The van der Waals surface area contributed by atoms with Gasteiger partial charge in [0.1, 0.15) is 0 Å². The molecule has 0 aliphatic carbocycles. The third-order valence-electron chi connectivity index (χ3n) is 3.44. The predicted molar refractivity (Wildman–Crippen MR) is 78.2 cm³/mol. The van der Waals surface area contributed by atoms with E-state index in [1.165, 1.54) is 14.0 Å². The van der Waals surface area contributed by atoms with E-state index in [1.807, 2.05) is 13.8 Å². The molecule has 0 aliphatic rings. The number of hydrogen-bond acceptors (Lipinski definition) is 4. The van der Waals surface area contributed by atoms with Gasteiger partial charge in [0, 0.05) is 20.2 Å². The summed E-state index contributed by atoms with van der Waals surface area (Å²) < 4.78 is 54.2. The molecule has 0 saturated heterocycles. The van der Waals surface area contributed by atoms with Crippen LogP contribution in [0.25, 0.3) is 0 Å². The monoisotopic (exact) mass is 339 g/mol. The van der Waals surface area contributed by atoms with E-state index in [0.29, 0.717) is 12.8 Å². The van der Waals surface area contributed by atoms with Gasteiger partial charge in [0.05, 0.1) is 11.3 Å². The molecule has 2 N–H and O–H groups in total. The van der Waals surface area contributed by atoms with Gasteiger partial charge in [-0.2, -0.15) is 5.10 Å². The van der Waals surface area contributed by atoms with E-state index in [0.717, 1.165) is 4.68 Å². The summed E-state index contributed by atoms with van der Waals surface area (Å²) >= 11 is 0. The first-order valence-corrected chi connectivity index (χ1v) is 8.42. The number of hydrogen-bond donors (Lipinski definition) is 2. The van der Waals surface area contributed by atoms with Crippen LogP contribution >= 0.6 is 0 Å². The Bertz CT molecular complexity index is 612. The predicted octanol–water partition coefficient (Wildman–Crippen LogP) is 1.74. The number of nitrogens with one attached hydrogen (secondary N) is 1. The molecule has 0 unspecified atom stereocenters. The molecule has 1 rings (SSSR count). The summed E-state index contributed by atoms with van der Waals surface area (Å²) in [5.41, 5.74) is -0.963. The van der Waals surface area contributed by atoms with Gasteiger partial charge in [-0.25, -0.2) is 21.9 Å². The average Bonchev–Trinajstić information content (AvgIpc) is 2.70. The maximum Gasteiger partial charge on any atom is 0.268 e. The fourth-order valence-electron chi connectivity index (χ4n) is 2.23. The second kappa shape index (κ2) is 7.01. The second-order valence-corrected chi connectivity index (χ2v) is 7.73. The number of aliphatic hydroxyl groups is 1. The Morgan fingerprint density at radius 2 is 2.00 bits per heavy atom. The van der Waals surface area contributed by atoms with Crippen LogP contribution in [-0.2, 0) is 17.1 Å². The molecular weight excluding hydrogens is 316 g/mol. The third kappa shape index (κ3) is 4.47. The Balaban J connectivity index is 3.01. The highest BCUT2D eigenvalue weighted by atomic mass is 32.2. The van der Waals surface area contributed by atoms with Crippen molar-refractivity contribution in [3.63, 3.8) is 0 Å². The highest BCUT2D eigenvalue weighted by Crippen LogP contribution is 2.29. The summed E-state index contributed by atoms with van der Waals surface area (Å²) in [5, 5.41) is 12.1. The fourth-order valence-corrected chi connectivity index (χ4v) is 3.86. The molecule has 6 nitrogen and oxygen atoms in total. The minimum absolute atomic E-state index is 0.00239. The van der Waals surface area contributed by atoms with Crippen molar-refractivity contribution < 1.29 is 22.3 Å². The van der Waals surface area contributed by atoms with E-state index in [2.05, 4.69) is 9.82 Å². The number of alkyl halides is 2. The first kappa shape index (κ1) is 19.0. The van der Waals surface area contributed by atoms with E-state index >= 15 is 0 Å². The van der Waals surface area contributed by atoms with Gasteiger partial charge in [0.25, 0.3) is 16.4 Å². The van der Waals surface area contributed by atoms with Crippen LogP contribution in [0.2, 0.25) is 0 Å². The van der Waals surface area contributed by atoms with Crippen LogP contribution < -0.4 is 4.72 Å². The van der Waals surface area contributed by atoms with Gasteiger partial charge in [-0.3, -0.25) is 4.68 Å². The largest absolute Gasteiger partial charge is 0.396 e. The van der Waals surface area contributed by atoms with E-state index in [4.69, 9.17) is 5.11 Å². The summed E-state index contributed by atoms with van der Waals surface area (Å²) in [6.07, 6.45) is -1.76. The van der Waals surface area contributed by atoms with E-state index in [-0.39, 0.29) is 18.8 Å². The van der Waals surface area contributed by atoms with Gasteiger partial charge in [-0.1, -0.05) is 13.8 Å². The van der Waals surface area contributed by atoms with Gasteiger partial charge in [-0.05, 0) is 25.2 Å².